The molecule has 18 heavy (non-hydrogen) atoms. The van der Waals surface area contributed by atoms with Crippen LogP contribution in [0.3, 0.4) is 0 Å². The lowest BCUT2D eigenvalue weighted by Gasteiger charge is -2.38. The first kappa shape index (κ1) is 14.8. The van der Waals surface area contributed by atoms with E-state index < -0.39 is 11.4 Å². The molecule has 0 unspecified atom stereocenters. The van der Waals surface area contributed by atoms with Crippen LogP contribution in [-0.2, 0) is 4.79 Å². The fourth-order valence-corrected chi connectivity index (χ4v) is 2.22. The molecule has 2 amide bonds. The Bertz CT molecular complexity index is 311. The van der Waals surface area contributed by atoms with Crippen molar-refractivity contribution < 1.29 is 14.7 Å². The van der Waals surface area contributed by atoms with Crippen LogP contribution < -0.4 is 5.32 Å². The van der Waals surface area contributed by atoms with E-state index in [9.17, 15) is 14.7 Å². The number of carbonyl (C=O) groups excluding carboxylic acids is 1. The topological polar surface area (TPSA) is 69.6 Å². The van der Waals surface area contributed by atoms with Crippen LogP contribution in [0.2, 0.25) is 0 Å². The summed E-state index contributed by atoms with van der Waals surface area (Å²) in [6.07, 6.45) is 2.27. The van der Waals surface area contributed by atoms with Crippen LogP contribution in [0.4, 0.5) is 4.79 Å². The second kappa shape index (κ2) is 6.07. The zero-order chi connectivity index (χ0) is 13.8. The summed E-state index contributed by atoms with van der Waals surface area (Å²) in [4.78, 5) is 24.8. The smallest absolute Gasteiger partial charge is 0.317 e. The molecule has 1 aliphatic rings. The number of urea groups is 1. The Kier molecular flexibility index (Phi) is 4.99. The maximum atomic E-state index is 11.9. The molecule has 5 heteroatoms. The molecule has 0 bridgehead atoms. The average Bonchev–Trinajstić information content (AvgIpc) is 2.23. The molecule has 2 N–H and O–H groups in total. The second-order valence-corrected chi connectivity index (χ2v) is 5.53. The third-order valence-electron chi connectivity index (χ3n) is 3.60. The van der Waals surface area contributed by atoms with Gasteiger partial charge in [-0.15, -0.1) is 0 Å². The number of carbonyl (C=O) groups is 2. The molecule has 1 saturated carbocycles. The summed E-state index contributed by atoms with van der Waals surface area (Å²) in [6.45, 7) is 7.63. The lowest BCUT2D eigenvalue weighted by molar-refractivity contribution is -0.153. The molecule has 5 nitrogen and oxygen atoms in total. The molecule has 0 aromatic heterocycles. The number of nitrogens with zero attached hydrogens (tertiary/aromatic N) is 1. The van der Waals surface area contributed by atoms with Crippen LogP contribution in [0.1, 0.15) is 40.0 Å². The number of hydrogen-bond donors (Lipinski definition) is 2. The second-order valence-electron chi connectivity index (χ2n) is 5.53. The predicted octanol–water partition coefficient (Wildman–Crippen LogP) is 1.93. The molecule has 1 rings (SSSR count). The minimum atomic E-state index is -0.791. The highest BCUT2D eigenvalue weighted by Gasteiger charge is 2.44. The van der Waals surface area contributed by atoms with Gasteiger partial charge in [-0.2, -0.15) is 0 Å². The van der Waals surface area contributed by atoms with E-state index in [0.29, 0.717) is 31.8 Å². The fourth-order valence-electron chi connectivity index (χ4n) is 2.22. The largest absolute Gasteiger partial charge is 0.481 e. The minimum absolute atomic E-state index is 0.154. The first-order chi connectivity index (χ1) is 8.41. The summed E-state index contributed by atoms with van der Waals surface area (Å²) < 4.78 is 0. The van der Waals surface area contributed by atoms with Crippen molar-refractivity contribution in [3.63, 3.8) is 0 Å². The number of aliphatic carboxylic acids is 1. The van der Waals surface area contributed by atoms with Gasteiger partial charge in [0.15, 0.2) is 0 Å². The van der Waals surface area contributed by atoms with Crippen LogP contribution in [0.25, 0.3) is 0 Å². The Hall–Kier alpha value is -1.26. The van der Waals surface area contributed by atoms with E-state index in [4.69, 9.17) is 0 Å². The van der Waals surface area contributed by atoms with Crippen LogP contribution in [0.15, 0.2) is 0 Å². The van der Waals surface area contributed by atoms with Gasteiger partial charge in [0.05, 0.1) is 5.41 Å². The van der Waals surface area contributed by atoms with Crippen molar-refractivity contribution in [2.75, 3.05) is 19.6 Å². The maximum absolute atomic E-state index is 11.9. The molecule has 0 aromatic carbocycles. The summed E-state index contributed by atoms with van der Waals surface area (Å²) in [5.74, 6) is -0.381. The van der Waals surface area contributed by atoms with Gasteiger partial charge in [0.1, 0.15) is 0 Å². The molecule has 0 saturated heterocycles. The van der Waals surface area contributed by atoms with Gasteiger partial charge < -0.3 is 15.3 Å². The summed E-state index contributed by atoms with van der Waals surface area (Å²) >= 11 is 0. The number of carboxylic acid groups (broad SMARTS) is 1. The number of amides is 2. The third-order valence-corrected chi connectivity index (χ3v) is 3.60. The predicted molar refractivity (Wildman–Crippen MR) is 69.4 cm³/mol. The van der Waals surface area contributed by atoms with Gasteiger partial charge in [0.2, 0.25) is 0 Å². The number of rotatable bonds is 6. The van der Waals surface area contributed by atoms with Crippen LogP contribution in [-0.4, -0.2) is 41.6 Å². The molecule has 1 aliphatic carbocycles. The molecule has 0 heterocycles. The molecule has 1 fully saturated rings. The van der Waals surface area contributed by atoms with Gasteiger partial charge in [-0.25, -0.2) is 4.79 Å². The molecule has 0 aliphatic heterocycles. The Balaban J connectivity index is 2.46. The van der Waals surface area contributed by atoms with Gasteiger partial charge >= 0.3 is 12.0 Å². The standard InChI is InChI=1S/C13H24N2O3/c1-4-15(8-10(2)3)12(18)14-9-13(11(16)17)6-5-7-13/h10H,4-9H2,1-3H3,(H,14,18)(H,16,17). The average molecular weight is 256 g/mol. The highest BCUT2D eigenvalue weighted by atomic mass is 16.4. The highest BCUT2D eigenvalue weighted by Crippen LogP contribution is 2.40. The van der Waals surface area contributed by atoms with Crippen LogP contribution in [0, 0.1) is 11.3 Å². The Morgan fingerprint density at radius 3 is 2.33 bits per heavy atom. The maximum Gasteiger partial charge on any atom is 0.317 e. The molecule has 0 spiro atoms. The van der Waals surface area contributed by atoms with Gasteiger partial charge in [0.25, 0.3) is 0 Å². The quantitative estimate of drug-likeness (QED) is 0.763. The first-order valence-corrected chi connectivity index (χ1v) is 6.67. The molecular formula is C13H24N2O3. The van der Waals surface area contributed by atoms with E-state index in [1.807, 2.05) is 6.92 Å². The van der Waals surface area contributed by atoms with Crippen molar-refractivity contribution in [1.82, 2.24) is 10.2 Å². The highest BCUT2D eigenvalue weighted by molar-refractivity contribution is 5.78. The molecule has 0 radical (unpaired) electrons. The normalized spacial score (nSPS) is 17.1. The zero-order valence-corrected chi connectivity index (χ0v) is 11.5. The Labute approximate surface area is 109 Å². The number of nitrogens with one attached hydrogen (secondary N) is 1. The summed E-state index contributed by atoms with van der Waals surface area (Å²) in [6, 6.07) is -0.154. The SMILES string of the molecule is CCN(CC(C)C)C(=O)NCC1(C(=O)O)CCC1. The summed E-state index contributed by atoms with van der Waals surface area (Å²) in [5, 5.41) is 11.9. The van der Waals surface area contributed by atoms with E-state index >= 15 is 0 Å². The van der Waals surface area contributed by atoms with Crippen molar-refractivity contribution in [1.29, 1.82) is 0 Å². The van der Waals surface area contributed by atoms with Crippen molar-refractivity contribution in [3.05, 3.63) is 0 Å². The summed E-state index contributed by atoms with van der Waals surface area (Å²) in [7, 11) is 0. The first-order valence-electron chi connectivity index (χ1n) is 6.67. The molecule has 0 atom stereocenters. The van der Waals surface area contributed by atoms with Crippen molar-refractivity contribution in [3.8, 4) is 0 Å². The van der Waals surface area contributed by atoms with Crippen molar-refractivity contribution >= 4 is 12.0 Å². The Morgan fingerprint density at radius 2 is 2.00 bits per heavy atom. The van der Waals surface area contributed by atoms with E-state index in [1.54, 1.807) is 4.90 Å². The van der Waals surface area contributed by atoms with Crippen LogP contribution in [0.5, 0.6) is 0 Å². The van der Waals surface area contributed by atoms with Gasteiger partial charge in [-0.05, 0) is 25.7 Å². The van der Waals surface area contributed by atoms with Crippen LogP contribution >= 0.6 is 0 Å². The van der Waals surface area contributed by atoms with Crippen molar-refractivity contribution in [2.45, 2.75) is 40.0 Å². The van der Waals surface area contributed by atoms with E-state index in [2.05, 4.69) is 19.2 Å². The van der Waals surface area contributed by atoms with E-state index in [-0.39, 0.29) is 12.6 Å². The van der Waals surface area contributed by atoms with Gasteiger partial charge in [0, 0.05) is 19.6 Å². The minimum Gasteiger partial charge on any atom is -0.481 e. The number of hydrogen-bond acceptors (Lipinski definition) is 2. The molecule has 0 aromatic rings. The molecule has 104 valence electrons. The molecular weight excluding hydrogens is 232 g/mol. The zero-order valence-electron chi connectivity index (χ0n) is 11.5. The van der Waals surface area contributed by atoms with Gasteiger partial charge in [-0.1, -0.05) is 20.3 Å². The monoisotopic (exact) mass is 256 g/mol. The lowest BCUT2D eigenvalue weighted by Crippen LogP contribution is -2.51. The fraction of sp³-hybridized carbons (Fsp3) is 0.846. The van der Waals surface area contributed by atoms with Gasteiger partial charge in [-0.3, -0.25) is 4.79 Å². The third kappa shape index (κ3) is 3.37. The Morgan fingerprint density at radius 1 is 1.39 bits per heavy atom. The van der Waals surface area contributed by atoms with Crippen molar-refractivity contribution in [2.24, 2.45) is 11.3 Å². The summed E-state index contributed by atoms with van der Waals surface area (Å²) in [5.41, 5.74) is -0.715. The van der Waals surface area contributed by atoms with E-state index in [1.165, 1.54) is 0 Å². The van der Waals surface area contributed by atoms with E-state index in [0.717, 1.165) is 6.42 Å². The lowest BCUT2D eigenvalue weighted by atomic mass is 9.69. The number of carboxylic acids is 1.